The molecule has 0 aliphatic heterocycles. The number of aryl methyl sites for hydroxylation is 2. The lowest BCUT2D eigenvalue weighted by atomic mass is 10.1. The van der Waals surface area contributed by atoms with Crippen LogP contribution in [0.25, 0.3) is 0 Å². The van der Waals surface area contributed by atoms with E-state index in [4.69, 9.17) is 11.6 Å². The first-order valence-corrected chi connectivity index (χ1v) is 7.08. The zero-order valence-corrected chi connectivity index (χ0v) is 13.0. The predicted molar refractivity (Wildman–Crippen MR) is 83.0 cm³/mol. The van der Waals surface area contributed by atoms with Crippen molar-refractivity contribution in [2.45, 2.75) is 13.0 Å². The average molecular weight is 406 g/mol. The first-order chi connectivity index (χ1) is 9.49. The van der Waals surface area contributed by atoms with Crippen molar-refractivity contribution in [1.29, 1.82) is 0 Å². The molecule has 0 bridgehead atoms. The molecule has 0 N–H and O–H groups in total. The third kappa shape index (κ3) is 3.34. The van der Waals surface area contributed by atoms with Gasteiger partial charge in [0.05, 0.1) is 11.3 Å². The highest BCUT2D eigenvalue weighted by molar-refractivity contribution is 14.1. The van der Waals surface area contributed by atoms with Crippen LogP contribution in [-0.2, 0) is 13.0 Å². The minimum absolute atomic E-state index is 0.0497. The van der Waals surface area contributed by atoms with Gasteiger partial charge >= 0.3 is 0 Å². The summed E-state index contributed by atoms with van der Waals surface area (Å²) in [5, 5.41) is 10.7. The van der Waals surface area contributed by atoms with E-state index in [1.165, 1.54) is 23.0 Å². The molecule has 0 saturated heterocycles. The van der Waals surface area contributed by atoms with E-state index in [9.17, 15) is 14.9 Å². The predicted octanol–water partition coefficient (Wildman–Crippen LogP) is 2.65. The molecule has 1 heterocycles. The summed E-state index contributed by atoms with van der Waals surface area (Å²) in [7, 11) is 0. The number of non-ortho nitro benzene ring substituents is 1. The summed E-state index contributed by atoms with van der Waals surface area (Å²) in [6, 6.07) is 6.25. The Labute approximate surface area is 132 Å². The molecule has 0 unspecified atom stereocenters. The lowest BCUT2D eigenvalue weighted by molar-refractivity contribution is -0.384. The number of rotatable bonds is 4. The summed E-state index contributed by atoms with van der Waals surface area (Å²) >= 11 is 7.61. The molecular formula is C12H9ClIN3O3. The molecule has 0 aliphatic rings. The fourth-order valence-corrected chi connectivity index (χ4v) is 2.21. The number of hydrogen-bond donors (Lipinski definition) is 0. The van der Waals surface area contributed by atoms with Crippen LogP contribution in [0.15, 0.2) is 35.4 Å². The largest absolute Gasteiger partial charge is 0.298 e. The van der Waals surface area contributed by atoms with Crippen molar-refractivity contribution in [2.75, 3.05) is 0 Å². The lowest BCUT2D eigenvalue weighted by Crippen LogP contribution is -2.24. The third-order valence-corrected chi connectivity index (χ3v) is 4.31. The molecule has 0 fully saturated rings. The Kier molecular flexibility index (Phi) is 4.71. The molecular weight excluding hydrogens is 397 g/mol. The van der Waals surface area contributed by atoms with Crippen molar-refractivity contribution in [1.82, 2.24) is 9.55 Å². The Bertz CT molecular complexity index is 700. The van der Waals surface area contributed by atoms with Crippen molar-refractivity contribution < 1.29 is 4.92 Å². The van der Waals surface area contributed by atoms with Crippen LogP contribution in [-0.4, -0.2) is 14.5 Å². The van der Waals surface area contributed by atoms with E-state index in [0.29, 0.717) is 16.5 Å². The molecule has 1 aromatic heterocycles. The summed E-state index contributed by atoms with van der Waals surface area (Å²) in [4.78, 5) is 25.9. The van der Waals surface area contributed by atoms with Gasteiger partial charge in [-0.3, -0.25) is 19.5 Å². The van der Waals surface area contributed by atoms with E-state index in [1.807, 2.05) is 22.6 Å². The fourth-order valence-electron chi connectivity index (χ4n) is 1.64. The summed E-state index contributed by atoms with van der Waals surface area (Å²) in [6.07, 6.45) is 1.98. The minimum atomic E-state index is -0.445. The Hall–Kier alpha value is -1.48. The number of halogens is 2. The van der Waals surface area contributed by atoms with Crippen LogP contribution in [0.2, 0.25) is 5.15 Å². The second kappa shape index (κ2) is 6.31. The maximum Gasteiger partial charge on any atom is 0.269 e. The van der Waals surface area contributed by atoms with E-state index in [1.54, 1.807) is 12.1 Å². The minimum Gasteiger partial charge on any atom is -0.298 e. The number of nitro benzene ring substituents is 1. The van der Waals surface area contributed by atoms with Gasteiger partial charge in [-0.15, -0.1) is 0 Å². The zero-order chi connectivity index (χ0) is 14.7. The summed E-state index contributed by atoms with van der Waals surface area (Å²) in [6.45, 7) is 0.441. The van der Waals surface area contributed by atoms with E-state index in [2.05, 4.69) is 4.98 Å². The molecule has 0 radical (unpaired) electrons. The van der Waals surface area contributed by atoms with Gasteiger partial charge in [0.1, 0.15) is 8.72 Å². The molecule has 0 aliphatic carbocycles. The van der Waals surface area contributed by atoms with Crippen molar-refractivity contribution >= 4 is 39.9 Å². The molecule has 2 rings (SSSR count). The molecule has 0 amide bonds. The second-order valence-corrected chi connectivity index (χ2v) is 5.46. The summed E-state index contributed by atoms with van der Waals surface area (Å²) in [5.41, 5.74) is 0.772. The quantitative estimate of drug-likeness (QED) is 0.339. The fraction of sp³-hybridized carbons (Fsp3) is 0.167. The molecule has 20 heavy (non-hydrogen) atoms. The van der Waals surface area contributed by atoms with Crippen LogP contribution in [0, 0.1) is 13.7 Å². The Morgan fingerprint density at radius 1 is 1.35 bits per heavy atom. The number of hydrogen-bond acceptors (Lipinski definition) is 4. The van der Waals surface area contributed by atoms with Gasteiger partial charge in [0.15, 0.2) is 0 Å². The van der Waals surface area contributed by atoms with Gasteiger partial charge in [-0.25, -0.2) is 4.98 Å². The maximum absolute atomic E-state index is 11.9. The maximum atomic E-state index is 11.9. The highest BCUT2D eigenvalue weighted by Gasteiger charge is 2.08. The zero-order valence-electron chi connectivity index (χ0n) is 10.1. The number of nitrogens with zero attached hydrogens (tertiary/aromatic N) is 3. The highest BCUT2D eigenvalue weighted by atomic mass is 127. The van der Waals surface area contributed by atoms with Gasteiger partial charge < -0.3 is 0 Å². The van der Waals surface area contributed by atoms with Crippen molar-refractivity contribution in [3.8, 4) is 0 Å². The standard InChI is InChI=1S/C12H9ClIN3O3/c13-11-10(14)12(18)16(7-15-11)6-5-8-1-3-9(4-2-8)17(19)20/h1-4,7H,5-6H2. The third-order valence-electron chi connectivity index (χ3n) is 2.73. The van der Waals surface area contributed by atoms with Gasteiger partial charge in [-0.05, 0) is 34.6 Å². The van der Waals surface area contributed by atoms with Crippen LogP contribution >= 0.6 is 34.2 Å². The molecule has 0 atom stereocenters. The first-order valence-electron chi connectivity index (χ1n) is 5.63. The molecule has 0 saturated carbocycles. The van der Waals surface area contributed by atoms with Gasteiger partial charge in [-0.2, -0.15) is 0 Å². The van der Waals surface area contributed by atoms with Crippen LogP contribution in [0.4, 0.5) is 5.69 Å². The number of aromatic nitrogens is 2. The Morgan fingerprint density at radius 3 is 2.60 bits per heavy atom. The molecule has 104 valence electrons. The van der Waals surface area contributed by atoms with Gasteiger partial charge in [0.25, 0.3) is 11.2 Å². The van der Waals surface area contributed by atoms with Crippen LogP contribution in [0.5, 0.6) is 0 Å². The van der Waals surface area contributed by atoms with E-state index < -0.39 is 4.92 Å². The summed E-state index contributed by atoms with van der Waals surface area (Å²) < 4.78 is 1.85. The lowest BCUT2D eigenvalue weighted by Gasteiger charge is -2.06. The van der Waals surface area contributed by atoms with Crippen molar-refractivity contribution in [2.24, 2.45) is 0 Å². The topological polar surface area (TPSA) is 78.0 Å². The van der Waals surface area contributed by atoms with Gasteiger partial charge in [0.2, 0.25) is 0 Å². The summed E-state index contributed by atoms with van der Waals surface area (Å²) in [5.74, 6) is 0. The van der Waals surface area contributed by atoms with Crippen molar-refractivity contribution in [3.63, 3.8) is 0 Å². The Morgan fingerprint density at radius 2 is 2.00 bits per heavy atom. The molecule has 1 aromatic carbocycles. The van der Waals surface area contributed by atoms with Crippen LogP contribution in [0.1, 0.15) is 5.56 Å². The average Bonchev–Trinajstić information content (AvgIpc) is 2.44. The number of benzene rings is 1. The van der Waals surface area contributed by atoms with E-state index in [-0.39, 0.29) is 16.4 Å². The first kappa shape index (κ1) is 14.9. The monoisotopic (exact) mass is 405 g/mol. The molecule has 8 heteroatoms. The van der Waals surface area contributed by atoms with E-state index in [0.717, 1.165) is 5.56 Å². The smallest absolute Gasteiger partial charge is 0.269 e. The van der Waals surface area contributed by atoms with E-state index >= 15 is 0 Å². The molecule has 0 spiro atoms. The van der Waals surface area contributed by atoms with Gasteiger partial charge in [0, 0.05) is 18.7 Å². The normalized spacial score (nSPS) is 10.5. The van der Waals surface area contributed by atoms with Crippen molar-refractivity contribution in [3.05, 3.63) is 65.3 Å². The SMILES string of the molecule is O=c1c(I)c(Cl)ncn1CCc1ccc([N+](=O)[O-])cc1. The van der Waals surface area contributed by atoms with Crippen LogP contribution in [0.3, 0.4) is 0 Å². The van der Waals surface area contributed by atoms with Crippen LogP contribution < -0.4 is 5.56 Å². The molecule has 2 aromatic rings. The number of nitro groups is 1. The highest BCUT2D eigenvalue weighted by Crippen LogP contribution is 2.13. The van der Waals surface area contributed by atoms with Gasteiger partial charge in [-0.1, -0.05) is 23.7 Å². The Balaban J connectivity index is 2.11. The second-order valence-electron chi connectivity index (χ2n) is 4.02. The molecule has 6 nitrogen and oxygen atoms in total.